The lowest BCUT2D eigenvalue weighted by atomic mass is 9.70. The first-order chi connectivity index (χ1) is 31.7. The van der Waals surface area contributed by atoms with E-state index in [1.165, 1.54) is 44.5 Å². The maximum absolute atomic E-state index is 6.60. The molecule has 1 spiro atoms. The van der Waals surface area contributed by atoms with Crippen molar-refractivity contribution in [2.45, 2.75) is 5.41 Å². The average molecular weight is 815 g/mol. The predicted molar refractivity (Wildman–Crippen MR) is 258 cm³/mol. The van der Waals surface area contributed by atoms with E-state index in [0.29, 0.717) is 23.4 Å². The Bertz CT molecular complexity index is 3850. The smallest absolute Gasteiger partial charge is 0.227 e. The minimum absolute atomic E-state index is 0.473. The number of nitrogens with zero attached hydrogens (tertiary/aromatic N) is 4. The molecule has 0 radical (unpaired) electrons. The lowest BCUT2D eigenvalue weighted by Crippen LogP contribution is -2.25. The van der Waals surface area contributed by atoms with Gasteiger partial charge in [0.15, 0.2) is 23.1 Å². The molecule has 5 nitrogen and oxygen atoms in total. The molecule has 5 heteroatoms. The summed E-state index contributed by atoms with van der Waals surface area (Å²) in [6.07, 6.45) is 0. The molecule has 14 rings (SSSR count). The molecule has 0 N–H and O–H groups in total. The highest BCUT2D eigenvalue weighted by Gasteiger charge is 2.51. The quantitative estimate of drug-likeness (QED) is 0.166. The van der Waals surface area contributed by atoms with Gasteiger partial charge in [-0.05, 0) is 96.4 Å². The van der Waals surface area contributed by atoms with Gasteiger partial charge in [-0.25, -0.2) is 19.9 Å². The van der Waals surface area contributed by atoms with Crippen LogP contribution in [0.4, 0.5) is 0 Å². The van der Waals surface area contributed by atoms with Crippen molar-refractivity contribution in [3.8, 4) is 67.9 Å². The largest absolute Gasteiger partial charge is 0.435 e. The third-order valence-electron chi connectivity index (χ3n) is 13.5. The molecule has 2 aromatic heterocycles. The number of hydrogen-bond donors (Lipinski definition) is 0. The van der Waals surface area contributed by atoms with Crippen LogP contribution in [-0.4, -0.2) is 19.9 Å². The van der Waals surface area contributed by atoms with Crippen molar-refractivity contribution in [1.82, 2.24) is 19.9 Å². The summed E-state index contributed by atoms with van der Waals surface area (Å²) in [5, 5.41) is 6.63. The van der Waals surface area contributed by atoms with Crippen molar-refractivity contribution in [1.29, 1.82) is 0 Å². The van der Waals surface area contributed by atoms with Crippen molar-refractivity contribution < 1.29 is 4.42 Å². The number of benzene rings is 10. The molecule has 2 aliphatic rings. The molecule has 0 fully saturated rings. The van der Waals surface area contributed by atoms with E-state index >= 15 is 0 Å². The molecule has 64 heavy (non-hydrogen) atoms. The number of rotatable bonds is 4. The van der Waals surface area contributed by atoms with E-state index < -0.39 is 5.41 Å². The third kappa shape index (κ3) is 4.89. The van der Waals surface area contributed by atoms with Gasteiger partial charge in [0, 0.05) is 33.0 Å². The fourth-order valence-electron chi connectivity index (χ4n) is 10.8. The maximum atomic E-state index is 6.60. The summed E-state index contributed by atoms with van der Waals surface area (Å²) < 4.78 is 6.60. The van der Waals surface area contributed by atoms with Crippen LogP contribution in [0.5, 0.6) is 0 Å². The molecule has 10 aromatic carbocycles. The third-order valence-corrected chi connectivity index (χ3v) is 13.5. The first kappa shape index (κ1) is 35.1. The monoisotopic (exact) mass is 814 g/mol. The lowest BCUT2D eigenvalue weighted by Gasteiger charge is -2.30. The van der Waals surface area contributed by atoms with Gasteiger partial charge in [0.2, 0.25) is 5.89 Å². The van der Waals surface area contributed by atoms with E-state index in [-0.39, 0.29) is 0 Å². The van der Waals surface area contributed by atoms with E-state index in [4.69, 9.17) is 24.4 Å². The molecule has 2 aliphatic carbocycles. The Labute approximate surface area is 368 Å². The van der Waals surface area contributed by atoms with Crippen LogP contribution in [0.3, 0.4) is 0 Å². The highest BCUT2D eigenvalue weighted by atomic mass is 16.3. The molecule has 0 unspecified atom stereocenters. The maximum Gasteiger partial charge on any atom is 0.227 e. The van der Waals surface area contributed by atoms with Crippen LogP contribution in [0, 0.1) is 0 Å². The van der Waals surface area contributed by atoms with Gasteiger partial charge in [0.1, 0.15) is 5.52 Å². The van der Waals surface area contributed by atoms with Crippen molar-refractivity contribution in [3.05, 3.63) is 229 Å². The zero-order valence-corrected chi connectivity index (χ0v) is 34.3. The van der Waals surface area contributed by atoms with Crippen LogP contribution in [0.1, 0.15) is 22.3 Å². The predicted octanol–water partition coefficient (Wildman–Crippen LogP) is 14.5. The second-order valence-electron chi connectivity index (χ2n) is 16.9. The van der Waals surface area contributed by atoms with Crippen LogP contribution in [-0.2, 0) is 5.41 Å². The number of oxazole rings is 1. The summed E-state index contributed by atoms with van der Waals surface area (Å²) in [5.41, 5.74) is 15.1. The summed E-state index contributed by atoms with van der Waals surface area (Å²) in [7, 11) is 0. The zero-order valence-electron chi connectivity index (χ0n) is 34.3. The second-order valence-corrected chi connectivity index (χ2v) is 16.9. The van der Waals surface area contributed by atoms with Crippen LogP contribution in [0.25, 0.3) is 111 Å². The molecular formula is C59H34N4O. The topological polar surface area (TPSA) is 64.7 Å². The molecule has 0 saturated heterocycles. The van der Waals surface area contributed by atoms with Gasteiger partial charge in [-0.3, -0.25) is 0 Å². The number of fused-ring (bicyclic) bond motifs is 17. The lowest BCUT2D eigenvalue weighted by molar-refractivity contribution is 0.623. The van der Waals surface area contributed by atoms with Gasteiger partial charge in [-0.1, -0.05) is 176 Å². The van der Waals surface area contributed by atoms with E-state index in [2.05, 4.69) is 158 Å². The zero-order chi connectivity index (χ0) is 41.9. The molecule has 0 saturated carbocycles. The SMILES string of the molecule is c1ccc(-c2nc(-c3ccc4c(c3)C3(c5ccccc5-c5ccccc53)c3ccccc3-4)nc(-c3ccc4c(ccc5ccc6ccc7nc(-c8ccccc8)oc7c6c54)c3)n2)cc1. The number of hydrogen-bond acceptors (Lipinski definition) is 5. The summed E-state index contributed by atoms with van der Waals surface area (Å²) in [6, 6.07) is 73.3. The summed E-state index contributed by atoms with van der Waals surface area (Å²) >= 11 is 0. The van der Waals surface area contributed by atoms with Crippen LogP contribution >= 0.6 is 0 Å². The molecule has 2 heterocycles. The molecule has 0 aliphatic heterocycles. The minimum atomic E-state index is -0.473. The standard InChI is InChI=1S/C59H34N4O/c1-3-13-37(14-4-1)55-61-56(40-27-30-42-39(33-40)26-25-35-23-24-36-29-32-51-54(53(36)52(35)42)64-58(60-51)38-15-5-2-6-16-38)63-57(62-55)41-28-31-46-45-19-9-12-22-49(45)59(50(46)34-41)47-20-10-7-17-43(47)44-18-8-11-21-48(44)59/h1-34H. The van der Waals surface area contributed by atoms with Gasteiger partial charge < -0.3 is 4.42 Å². The van der Waals surface area contributed by atoms with Crippen molar-refractivity contribution in [2.75, 3.05) is 0 Å². The number of aromatic nitrogens is 4. The normalized spacial score (nSPS) is 13.1. The fourth-order valence-corrected chi connectivity index (χ4v) is 10.8. The van der Waals surface area contributed by atoms with Crippen molar-refractivity contribution in [3.63, 3.8) is 0 Å². The molecule has 0 amide bonds. The van der Waals surface area contributed by atoms with Gasteiger partial charge in [0.25, 0.3) is 0 Å². The van der Waals surface area contributed by atoms with E-state index in [1.54, 1.807) is 0 Å². The summed E-state index contributed by atoms with van der Waals surface area (Å²) in [4.78, 5) is 20.7. The Morgan fingerprint density at radius 2 is 0.812 bits per heavy atom. The van der Waals surface area contributed by atoms with Crippen LogP contribution in [0.15, 0.2) is 211 Å². The molecule has 0 atom stereocenters. The Hall–Kier alpha value is -8.54. The van der Waals surface area contributed by atoms with Crippen LogP contribution < -0.4 is 0 Å². The van der Waals surface area contributed by atoms with Crippen LogP contribution in [0.2, 0.25) is 0 Å². The Morgan fingerprint density at radius 1 is 0.328 bits per heavy atom. The van der Waals surface area contributed by atoms with E-state index in [1.807, 2.05) is 48.5 Å². The van der Waals surface area contributed by atoms with Gasteiger partial charge >= 0.3 is 0 Å². The van der Waals surface area contributed by atoms with Gasteiger partial charge in [-0.15, -0.1) is 0 Å². The Balaban J connectivity index is 0.962. The van der Waals surface area contributed by atoms with E-state index in [0.717, 1.165) is 65.7 Å². The van der Waals surface area contributed by atoms with Gasteiger partial charge in [0.05, 0.1) is 5.41 Å². The van der Waals surface area contributed by atoms with Gasteiger partial charge in [-0.2, -0.15) is 0 Å². The highest BCUT2D eigenvalue weighted by Crippen LogP contribution is 2.63. The summed E-state index contributed by atoms with van der Waals surface area (Å²) in [6.45, 7) is 0. The average Bonchev–Trinajstić information content (AvgIpc) is 4.04. The minimum Gasteiger partial charge on any atom is -0.435 e. The molecule has 12 aromatic rings. The fraction of sp³-hybridized carbons (Fsp3) is 0.0169. The highest BCUT2D eigenvalue weighted by molar-refractivity contribution is 6.26. The first-order valence-corrected chi connectivity index (χ1v) is 21.7. The molecular weight excluding hydrogens is 781 g/mol. The first-order valence-electron chi connectivity index (χ1n) is 21.7. The Kier molecular flexibility index (Phi) is 7.26. The second kappa shape index (κ2) is 13.2. The molecule has 296 valence electrons. The van der Waals surface area contributed by atoms with Crippen molar-refractivity contribution >= 4 is 43.4 Å². The summed E-state index contributed by atoms with van der Waals surface area (Å²) in [5.74, 6) is 2.48. The van der Waals surface area contributed by atoms with Crippen molar-refractivity contribution in [2.24, 2.45) is 0 Å². The van der Waals surface area contributed by atoms with E-state index in [9.17, 15) is 0 Å². The Morgan fingerprint density at radius 3 is 1.45 bits per heavy atom. The molecule has 0 bridgehead atoms.